The van der Waals surface area contributed by atoms with Crippen molar-refractivity contribution in [2.75, 3.05) is 29.9 Å². The van der Waals surface area contributed by atoms with Crippen molar-refractivity contribution >= 4 is 32.1 Å². The van der Waals surface area contributed by atoms with Crippen LogP contribution in [0.1, 0.15) is 42.7 Å². The van der Waals surface area contributed by atoms with E-state index in [1.807, 2.05) is 11.8 Å². The minimum Gasteiger partial charge on any atom is -0.315 e. The molecule has 1 aliphatic carbocycles. The summed E-state index contributed by atoms with van der Waals surface area (Å²) in [6.07, 6.45) is 3.52. The largest absolute Gasteiger partial charge is 0.315 e. The monoisotopic (exact) mass is 395 g/mol. The first-order valence-electron chi connectivity index (χ1n) is 9.12. The van der Waals surface area contributed by atoms with Crippen LogP contribution in [0.5, 0.6) is 0 Å². The number of hydrogen-bond acceptors (Lipinski definition) is 6. The van der Waals surface area contributed by atoms with Crippen molar-refractivity contribution in [1.29, 1.82) is 5.26 Å². The van der Waals surface area contributed by atoms with Gasteiger partial charge < -0.3 is 5.32 Å². The SMILES string of the molecule is CCN(CC(=O)Nc1sc2c(c1C#N)CCC(C)C2)C1CCS(=O)(=O)C1. The highest BCUT2D eigenvalue weighted by atomic mass is 32.2. The second kappa shape index (κ2) is 7.67. The summed E-state index contributed by atoms with van der Waals surface area (Å²) in [5.41, 5.74) is 1.71. The Bertz CT molecular complexity index is 839. The van der Waals surface area contributed by atoms with E-state index in [2.05, 4.69) is 18.3 Å². The van der Waals surface area contributed by atoms with E-state index < -0.39 is 9.84 Å². The van der Waals surface area contributed by atoms with E-state index >= 15 is 0 Å². The zero-order valence-electron chi connectivity index (χ0n) is 15.2. The highest BCUT2D eigenvalue weighted by Gasteiger charge is 2.32. The lowest BCUT2D eigenvalue weighted by molar-refractivity contribution is -0.117. The van der Waals surface area contributed by atoms with Gasteiger partial charge in [-0.2, -0.15) is 5.26 Å². The number of nitrogens with one attached hydrogen (secondary N) is 1. The fourth-order valence-electron chi connectivity index (χ4n) is 3.87. The molecule has 8 heteroatoms. The van der Waals surface area contributed by atoms with Gasteiger partial charge in [0.2, 0.25) is 5.91 Å². The van der Waals surface area contributed by atoms with Gasteiger partial charge in [-0.1, -0.05) is 13.8 Å². The molecule has 142 valence electrons. The smallest absolute Gasteiger partial charge is 0.239 e. The number of fused-ring (bicyclic) bond motifs is 1. The maximum absolute atomic E-state index is 12.5. The van der Waals surface area contributed by atoms with Crippen LogP contribution in [-0.2, 0) is 27.5 Å². The molecule has 1 aromatic rings. The van der Waals surface area contributed by atoms with Crippen LogP contribution in [0.3, 0.4) is 0 Å². The standard InChI is InChI=1S/C18H25N3O3S2/c1-3-21(13-6-7-26(23,24)11-13)10-17(22)20-18-15(9-19)14-5-4-12(2)8-16(14)25-18/h12-13H,3-8,10-11H2,1-2H3,(H,20,22). The number of nitrogens with zero attached hydrogens (tertiary/aromatic N) is 2. The van der Waals surface area contributed by atoms with E-state index in [1.165, 1.54) is 16.2 Å². The summed E-state index contributed by atoms with van der Waals surface area (Å²) in [6.45, 7) is 4.92. The maximum atomic E-state index is 12.5. The lowest BCUT2D eigenvalue weighted by Gasteiger charge is -2.25. The van der Waals surface area contributed by atoms with Crippen LogP contribution in [0.2, 0.25) is 0 Å². The molecule has 1 fully saturated rings. The normalized spacial score (nSPS) is 24.2. The molecule has 0 bridgehead atoms. The number of rotatable bonds is 5. The Labute approximate surface area is 159 Å². The molecule has 0 radical (unpaired) electrons. The number of sulfone groups is 1. The summed E-state index contributed by atoms with van der Waals surface area (Å²) in [5, 5.41) is 13.1. The van der Waals surface area contributed by atoms with Gasteiger partial charge in [0, 0.05) is 10.9 Å². The molecule has 1 N–H and O–H groups in total. The lowest BCUT2D eigenvalue weighted by atomic mass is 9.89. The summed E-state index contributed by atoms with van der Waals surface area (Å²) < 4.78 is 23.4. The van der Waals surface area contributed by atoms with E-state index in [9.17, 15) is 18.5 Å². The third kappa shape index (κ3) is 4.11. The minimum absolute atomic E-state index is 0.0939. The first-order valence-corrected chi connectivity index (χ1v) is 11.8. The summed E-state index contributed by atoms with van der Waals surface area (Å²) in [6, 6.07) is 2.17. The predicted molar refractivity (Wildman–Crippen MR) is 103 cm³/mol. The molecule has 1 aromatic heterocycles. The van der Waals surface area contributed by atoms with Crippen LogP contribution < -0.4 is 5.32 Å². The van der Waals surface area contributed by atoms with Crippen LogP contribution in [-0.4, -0.2) is 49.9 Å². The van der Waals surface area contributed by atoms with Crippen molar-refractivity contribution < 1.29 is 13.2 Å². The fraction of sp³-hybridized carbons (Fsp3) is 0.667. The third-order valence-corrected chi connectivity index (χ3v) is 8.27. The number of carbonyl (C=O) groups excluding carboxylic acids is 1. The first kappa shape index (κ1) is 19.3. The molecule has 0 spiro atoms. The van der Waals surface area contributed by atoms with Crippen LogP contribution in [0.25, 0.3) is 0 Å². The number of thiophene rings is 1. The number of carbonyl (C=O) groups is 1. The van der Waals surface area contributed by atoms with Crippen molar-refractivity contribution in [1.82, 2.24) is 4.90 Å². The maximum Gasteiger partial charge on any atom is 0.239 e. The molecule has 1 saturated heterocycles. The summed E-state index contributed by atoms with van der Waals surface area (Å²) in [4.78, 5) is 15.7. The molecular formula is C18H25N3O3S2. The number of anilines is 1. The second-order valence-electron chi connectivity index (χ2n) is 7.34. The minimum atomic E-state index is -2.98. The molecule has 3 rings (SSSR count). The van der Waals surface area contributed by atoms with Gasteiger partial charge in [-0.05, 0) is 43.7 Å². The summed E-state index contributed by atoms with van der Waals surface area (Å²) >= 11 is 1.52. The van der Waals surface area contributed by atoms with E-state index in [4.69, 9.17) is 0 Å². The molecule has 0 aromatic carbocycles. The van der Waals surface area contributed by atoms with Gasteiger partial charge in [0.15, 0.2) is 9.84 Å². The molecule has 0 saturated carbocycles. The number of likely N-dealkylation sites (N-methyl/N-ethyl adjacent to an activating group) is 1. The van der Waals surface area contributed by atoms with Crippen LogP contribution in [0.4, 0.5) is 5.00 Å². The van der Waals surface area contributed by atoms with Crippen LogP contribution >= 0.6 is 11.3 Å². The summed E-state index contributed by atoms with van der Waals surface area (Å²) in [7, 11) is -2.98. The number of amides is 1. The van der Waals surface area contributed by atoms with Crippen molar-refractivity contribution in [3.05, 3.63) is 16.0 Å². The average Bonchev–Trinajstić information content (AvgIpc) is 3.11. The van der Waals surface area contributed by atoms with Crippen molar-refractivity contribution in [3.8, 4) is 6.07 Å². The van der Waals surface area contributed by atoms with Gasteiger partial charge in [0.25, 0.3) is 0 Å². The van der Waals surface area contributed by atoms with E-state index in [0.29, 0.717) is 29.4 Å². The molecule has 2 aliphatic rings. The van der Waals surface area contributed by atoms with Crippen molar-refractivity contribution in [2.24, 2.45) is 5.92 Å². The zero-order valence-corrected chi connectivity index (χ0v) is 16.9. The van der Waals surface area contributed by atoms with Crippen LogP contribution in [0.15, 0.2) is 0 Å². The molecular weight excluding hydrogens is 370 g/mol. The second-order valence-corrected chi connectivity index (χ2v) is 10.7. The fourth-order valence-corrected chi connectivity index (χ4v) is 7.01. The van der Waals surface area contributed by atoms with Gasteiger partial charge in [0.1, 0.15) is 11.1 Å². The number of hydrogen-bond donors (Lipinski definition) is 1. The Hall–Kier alpha value is -1.43. The molecule has 2 heterocycles. The Morgan fingerprint density at radius 1 is 1.42 bits per heavy atom. The Morgan fingerprint density at radius 2 is 2.19 bits per heavy atom. The molecule has 1 aliphatic heterocycles. The highest BCUT2D eigenvalue weighted by molar-refractivity contribution is 7.91. The van der Waals surface area contributed by atoms with Gasteiger partial charge >= 0.3 is 0 Å². The topological polar surface area (TPSA) is 90.3 Å². The highest BCUT2D eigenvalue weighted by Crippen LogP contribution is 2.39. The van der Waals surface area contributed by atoms with E-state index in [0.717, 1.165) is 24.8 Å². The summed E-state index contributed by atoms with van der Waals surface area (Å²) in [5.74, 6) is 0.753. The van der Waals surface area contributed by atoms with Gasteiger partial charge in [0.05, 0.1) is 23.6 Å². The Kier molecular flexibility index (Phi) is 5.70. The van der Waals surface area contributed by atoms with Gasteiger partial charge in [-0.3, -0.25) is 9.69 Å². The third-order valence-electron chi connectivity index (χ3n) is 5.35. The van der Waals surface area contributed by atoms with E-state index in [-0.39, 0.29) is 30.0 Å². The van der Waals surface area contributed by atoms with E-state index in [1.54, 1.807) is 0 Å². The van der Waals surface area contributed by atoms with Gasteiger partial charge in [-0.15, -0.1) is 11.3 Å². The quantitative estimate of drug-likeness (QED) is 0.825. The van der Waals surface area contributed by atoms with Crippen LogP contribution in [0, 0.1) is 17.2 Å². The number of nitriles is 1. The Morgan fingerprint density at radius 3 is 2.81 bits per heavy atom. The lowest BCUT2D eigenvalue weighted by Crippen LogP contribution is -2.41. The molecule has 6 nitrogen and oxygen atoms in total. The molecule has 26 heavy (non-hydrogen) atoms. The molecule has 1 amide bonds. The predicted octanol–water partition coefficient (Wildman–Crippen LogP) is 2.19. The average molecular weight is 396 g/mol. The zero-order chi connectivity index (χ0) is 18.9. The first-order chi connectivity index (χ1) is 12.3. The molecule has 2 atom stereocenters. The van der Waals surface area contributed by atoms with Gasteiger partial charge in [-0.25, -0.2) is 8.42 Å². The molecule has 2 unspecified atom stereocenters. The van der Waals surface area contributed by atoms with Crippen molar-refractivity contribution in [3.63, 3.8) is 0 Å². The Balaban J connectivity index is 1.69. The van der Waals surface area contributed by atoms with Crippen molar-refractivity contribution in [2.45, 2.75) is 45.6 Å².